The molecule has 4 nitrogen and oxygen atoms in total. The fraction of sp³-hybridized carbons (Fsp3) is 0.353. The van der Waals surface area contributed by atoms with Crippen molar-refractivity contribution in [3.05, 3.63) is 59.7 Å². The second-order valence-corrected chi connectivity index (χ2v) is 5.42. The molecule has 1 unspecified atom stereocenters. The lowest BCUT2D eigenvalue weighted by atomic mass is 9.95. The van der Waals surface area contributed by atoms with Gasteiger partial charge >= 0.3 is 5.97 Å². The Morgan fingerprint density at radius 3 is 2.38 bits per heavy atom. The van der Waals surface area contributed by atoms with E-state index in [0.717, 1.165) is 11.3 Å². The Bertz CT molecular complexity index is 579. The number of rotatable bonds is 5. The molecule has 1 atom stereocenters. The summed E-state index contributed by atoms with van der Waals surface area (Å²) in [6.45, 7) is 6.61. The van der Waals surface area contributed by atoms with Gasteiger partial charge in [-0.3, -0.25) is 4.98 Å². The molecule has 1 aromatic heterocycles. The van der Waals surface area contributed by atoms with Gasteiger partial charge < -0.3 is 4.74 Å². The van der Waals surface area contributed by atoms with Gasteiger partial charge in [-0.15, -0.1) is 0 Å². The Balaban J connectivity index is 1.97. The molecule has 4 heteroatoms. The summed E-state index contributed by atoms with van der Waals surface area (Å²) in [5.41, 5.74) is 2.08. The van der Waals surface area contributed by atoms with E-state index >= 15 is 0 Å². The van der Waals surface area contributed by atoms with Crippen LogP contribution in [0.3, 0.4) is 0 Å². The maximum Gasteiger partial charge on any atom is 0.358 e. The summed E-state index contributed by atoms with van der Waals surface area (Å²) in [4.78, 5) is 20.4. The van der Waals surface area contributed by atoms with Crippen molar-refractivity contribution in [3.63, 3.8) is 0 Å². The van der Waals surface area contributed by atoms with Gasteiger partial charge in [-0.05, 0) is 11.5 Å². The number of esters is 1. The number of hydrogen-bond donors (Lipinski definition) is 0. The maximum atomic E-state index is 11.9. The first-order valence-electron chi connectivity index (χ1n) is 7.11. The van der Waals surface area contributed by atoms with E-state index in [9.17, 15) is 4.79 Å². The Labute approximate surface area is 125 Å². The zero-order valence-corrected chi connectivity index (χ0v) is 12.6. The summed E-state index contributed by atoms with van der Waals surface area (Å²) in [6, 6.07) is 9.56. The van der Waals surface area contributed by atoms with E-state index in [1.54, 1.807) is 6.20 Å². The summed E-state index contributed by atoms with van der Waals surface area (Å²) < 4.78 is 5.22. The van der Waals surface area contributed by atoms with Crippen LogP contribution in [0.1, 0.15) is 48.4 Å². The first-order chi connectivity index (χ1) is 10.1. The number of nitrogens with zero attached hydrogens (tertiary/aromatic N) is 2. The van der Waals surface area contributed by atoms with Gasteiger partial charge in [0.05, 0.1) is 11.9 Å². The number of carbonyl (C=O) groups excluding carboxylic acids is 1. The third kappa shape index (κ3) is 4.12. The van der Waals surface area contributed by atoms with Crippen molar-refractivity contribution in [2.24, 2.45) is 5.92 Å². The highest BCUT2D eigenvalue weighted by molar-refractivity contribution is 5.86. The van der Waals surface area contributed by atoms with E-state index in [1.807, 2.05) is 30.3 Å². The van der Waals surface area contributed by atoms with E-state index in [1.165, 1.54) is 6.20 Å². The van der Waals surface area contributed by atoms with Gasteiger partial charge in [0, 0.05) is 12.1 Å². The molecule has 110 valence electrons. The molecule has 0 aliphatic heterocycles. The summed E-state index contributed by atoms with van der Waals surface area (Å²) in [7, 11) is 0. The van der Waals surface area contributed by atoms with Gasteiger partial charge in [0.1, 0.15) is 6.61 Å². The smallest absolute Gasteiger partial charge is 0.358 e. The Morgan fingerprint density at radius 1 is 1.10 bits per heavy atom. The van der Waals surface area contributed by atoms with Gasteiger partial charge in [-0.1, -0.05) is 51.1 Å². The highest BCUT2D eigenvalue weighted by Gasteiger charge is 2.14. The van der Waals surface area contributed by atoms with Crippen LogP contribution >= 0.6 is 0 Å². The topological polar surface area (TPSA) is 52.1 Å². The summed E-state index contributed by atoms with van der Waals surface area (Å²) in [6.07, 6.45) is 3.14. The summed E-state index contributed by atoms with van der Waals surface area (Å²) in [5.74, 6) is 0.345. The van der Waals surface area contributed by atoms with Gasteiger partial charge in [0.25, 0.3) is 0 Å². The van der Waals surface area contributed by atoms with Crippen molar-refractivity contribution in [1.29, 1.82) is 0 Å². The monoisotopic (exact) mass is 284 g/mol. The predicted molar refractivity (Wildman–Crippen MR) is 80.8 cm³/mol. The Morgan fingerprint density at radius 2 is 1.81 bits per heavy atom. The quantitative estimate of drug-likeness (QED) is 0.787. The fourth-order valence-corrected chi connectivity index (χ4v) is 1.82. The van der Waals surface area contributed by atoms with E-state index in [4.69, 9.17) is 4.74 Å². The largest absolute Gasteiger partial charge is 0.456 e. The van der Waals surface area contributed by atoms with Gasteiger partial charge in [-0.25, -0.2) is 9.78 Å². The minimum atomic E-state index is -0.449. The van der Waals surface area contributed by atoms with Crippen molar-refractivity contribution in [2.75, 3.05) is 0 Å². The van der Waals surface area contributed by atoms with Crippen LogP contribution in [-0.2, 0) is 11.3 Å². The Hall–Kier alpha value is -2.23. The molecule has 2 aromatic rings. The highest BCUT2D eigenvalue weighted by Crippen LogP contribution is 2.20. The summed E-state index contributed by atoms with van der Waals surface area (Å²) in [5, 5.41) is 0. The molecule has 0 radical (unpaired) electrons. The molecule has 0 N–H and O–H groups in total. The zero-order valence-electron chi connectivity index (χ0n) is 12.6. The molecule has 0 saturated carbocycles. The average Bonchev–Trinajstić information content (AvgIpc) is 2.53. The van der Waals surface area contributed by atoms with Crippen molar-refractivity contribution in [2.45, 2.75) is 33.3 Å². The van der Waals surface area contributed by atoms with E-state index in [-0.39, 0.29) is 12.3 Å². The molecule has 1 aromatic carbocycles. The molecule has 0 aliphatic rings. The first kappa shape index (κ1) is 15.2. The molecule has 0 spiro atoms. The molecule has 1 heterocycles. The zero-order chi connectivity index (χ0) is 15.2. The molecule has 0 aliphatic carbocycles. The van der Waals surface area contributed by atoms with Crippen LogP contribution in [0.15, 0.2) is 42.7 Å². The minimum Gasteiger partial charge on any atom is -0.456 e. The van der Waals surface area contributed by atoms with Crippen LogP contribution in [0.2, 0.25) is 0 Å². The predicted octanol–water partition coefficient (Wildman–Crippen LogP) is 3.59. The third-order valence-corrected chi connectivity index (χ3v) is 3.56. The lowest BCUT2D eigenvalue weighted by Crippen LogP contribution is -2.11. The van der Waals surface area contributed by atoms with Crippen LogP contribution in [0.25, 0.3) is 0 Å². The van der Waals surface area contributed by atoms with E-state index in [2.05, 4.69) is 30.7 Å². The minimum absolute atomic E-state index is 0.241. The number of ether oxygens (including phenoxy) is 1. The normalized spacial score (nSPS) is 12.2. The molecule has 0 amide bonds. The van der Waals surface area contributed by atoms with Crippen LogP contribution in [-0.4, -0.2) is 15.9 Å². The van der Waals surface area contributed by atoms with Crippen LogP contribution in [0.5, 0.6) is 0 Å². The molecular weight excluding hydrogens is 264 g/mol. The van der Waals surface area contributed by atoms with Crippen molar-refractivity contribution in [1.82, 2.24) is 9.97 Å². The lowest BCUT2D eigenvalue weighted by molar-refractivity contribution is 0.0465. The van der Waals surface area contributed by atoms with Gasteiger partial charge in [-0.2, -0.15) is 0 Å². The molecule has 0 bridgehead atoms. The number of benzene rings is 1. The molecule has 21 heavy (non-hydrogen) atoms. The standard InChI is InChI=1S/C17H20N2O2/c1-12(2)13(3)15-9-19-16(10-18-15)17(20)21-11-14-7-5-4-6-8-14/h4-10,12-13H,11H2,1-3H3. The lowest BCUT2D eigenvalue weighted by Gasteiger charge is -2.14. The SMILES string of the molecule is CC(C)C(C)c1cnc(C(=O)OCc2ccccc2)cn1. The average molecular weight is 284 g/mol. The van der Waals surface area contributed by atoms with Gasteiger partial charge in [0.2, 0.25) is 0 Å². The van der Waals surface area contributed by atoms with Crippen LogP contribution in [0, 0.1) is 5.92 Å². The fourth-order valence-electron chi connectivity index (χ4n) is 1.82. The summed E-state index contributed by atoms with van der Waals surface area (Å²) >= 11 is 0. The second kappa shape index (κ2) is 6.97. The molecular formula is C17H20N2O2. The third-order valence-electron chi connectivity index (χ3n) is 3.56. The van der Waals surface area contributed by atoms with Crippen LogP contribution in [0.4, 0.5) is 0 Å². The van der Waals surface area contributed by atoms with Crippen molar-refractivity contribution < 1.29 is 9.53 Å². The van der Waals surface area contributed by atoms with Crippen molar-refractivity contribution in [3.8, 4) is 0 Å². The number of hydrogen-bond acceptors (Lipinski definition) is 4. The van der Waals surface area contributed by atoms with E-state index in [0.29, 0.717) is 11.8 Å². The second-order valence-electron chi connectivity index (χ2n) is 5.42. The molecule has 2 rings (SSSR count). The van der Waals surface area contributed by atoms with Crippen molar-refractivity contribution >= 4 is 5.97 Å². The molecule has 0 saturated heterocycles. The highest BCUT2D eigenvalue weighted by atomic mass is 16.5. The van der Waals surface area contributed by atoms with Crippen LogP contribution < -0.4 is 0 Å². The van der Waals surface area contributed by atoms with E-state index < -0.39 is 5.97 Å². The van der Waals surface area contributed by atoms with Gasteiger partial charge in [0.15, 0.2) is 5.69 Å². The molecule has 0 fully saturated rings. The Kier molecular flexibility index (Phi) is 5.04. The maximum absolute atomic E-state index is 11.9. The number of carbonyl (C=O) groups is 1. The number of aromatic nitrogens is 2. The first-order valence-corrected chi connectivity index (χ1v) is 7.11.